The van der Waals surface area contributed by atoms with Gasteiger partial charge in [0.1, 0.15) is 12.4 Å². The van der Waals surface area contributed by atoms with Crippen LogP contribution in [0.25, 0.3) is 0 Å². The number of aliphatic hydroxyl groups is 1. The third-order valence-electron chi connectivity index (χ3n) is 4.87. The van der Waals surface area contributed by atoms with Gasteiger partial charge in [0.25, 0.3) is 0 Å². The van der Waals surface area contributed by atoms with Gasteiger partial charge in [0.2, 0.25) is 5.91 Å². The molecule has 0 aliphatic carbocycles. The van der Waals surface area contributed by atoms with Crippen LogP contribution in [0.1, 0.15) is 24.1 Å². The molecule has 0 fully saturated rings. The summed E-state index contributed by atoms with van der Waals surface area (Å²) in [4.78, 5) is 26.0. The molecule has 0 unspecified atom stereocenters. The summed E-state index contributed by atoms with van der Waals surface area (Å²) in [5, 5.41) is 17.7. The summed E-state index contributed by atoms with van der Waals surface area (Å²) in [5.74, 6) is 0.449. The fourth-order valence-corrected chi connectivity index (χ4v) is 3.00. The number of rotatable bonds is 6. The monoisotopic (exact) mass is 398 g/mol. The van der Waals surface area contributed by atoms with Crippen LogP contribution in [0, 0.1) is 0 Å². The molecule has 2 aromatic carbocycles. The van der Waals surface area contributed by atoms with Gasteiger partial charge in [-0.05, 0) is 30.2 Å². The molecular weight excluding hydrogens is 372 g/mol. The molecule has 2 aromatic rings. The summed E-state index contributed by atoms with van der Waals surface area (Å²) in [7, 11) is 1.72. The minimum Gasteiger partial charge on any atom is -0.487 e. The maximum Gasteiger partial charge on any atom is 0.315 e. The highest BCUT2D eigenvalue weighted by Gasteiger charge is 2.18. The zero-order valence-corrected chi connectivity index (χ0v) is 16.5. The quantitative estimate of drug-likeness (QED) is 0.595. The van der Waals surface area contributed by atoms with Gasteiger partial charge in [0.15, 0.2) is 6.23 Å². The predicted molar refractivity (Wildman–Crippen MR) is 109 cm³/mol. The second-order valence-electron chi connectivity index (χ2n) is 6.93. The van der Waals surface area contributed by atoms with Crippen LogP contribution in [0.5, 0.6) is 5.75 Å². The van der Waals surface area contributed by atoms with E-state index in [1.54, 1.807) is 24.1 Å². The summed E-state index contributed by atoms with van der Waals surface area (Å²) in [6.07, 6.45) is -0.725. The number of hydrogen-bond acceptors (Lipinski definition) is 5. The molecular formula is C21H26N4O4. The summed E-state index contributed by atoms with van der Waals surface area (Å²) in [6.45, 7) is 2.31. The molecule has 1 aliphatic heterocycles. The van der Waals surface area contributed by atoms with E-state index < -0.39 is 12.3 Å². The van der Waals surface area contributed by atoms with Gasteiger partial charge in [-0.2, -0.15) is 0 Å². The fourth-order valence-electron chi connectivity index (χ4n) is 3.00. The molecule has 8 heteroatoms. The van der Waals surface area contributed by atoms with Gasteiger partial charge in [-0.1, -0.05) is 36.4 Å². The molecule has 0 bridgehead atoms. The number of carbonyl (C=O) groups excluding carboxylic acids is 2. The lowest BCUT2D eigenvalue weighted by atomic mass is 10.1. The Labute approximate surface area is 169 Å². The fraction of sp³-hybridized carbons (Fsp3) is 0.333. The standard InChI is InChI=1S/C21H26N4O4/c1-14(16-6-4-3-5-7-16)25(2)20(27)12-23-21(28)22-11-15-8-9-17-18(10-15)29-13-19(26)24-17/h3-10,14,19,24,26H,11-13H2,1-2H3,(H2,22,23,28)/t14-,19-/m1/s1. The number of amides is 3. The van der Waals surface area contributed by atoms with Crippen LogP contribution in [-0.2, 0) is 11.3 Å². The van der Waals surface area contributed by atoms with E-state index in [2.05, 4.69) is 16.0 Å². The van der Waals surface area contributed by atoms with Crippen molar-refractivity contribution in [3.8, 4) is 5.75 Å². The normalized spacial score (nSPS) is 15.9. The van der Waals surface area contributed by atoms with Crippen molar-refractivity contribution in [3.05, 3.63) is 59.7 Å². The first-order valence-electron chi connectivity index (χ1n) is 9.46. The number of anilines is 1. The third-order valence-corrected chi connectivity index (χ3v) is 4.87. The number of aliphatic hydroxyl groups excluding tert-OH is 1. The Morgan fingerprint density at radius 2 is 2.00 bits per heavy atom. The summed E-state index contributed by atoms with van der Waals surface area (Å²) < 4.78 is 5.46. The van der Waals surface area contributed by atoms with Crippen LogP contribution in [-0.4, -0.2) is 48.4 Å². The van der Waals surface area contributed by atoms with Gasteiger partial charge in [-0.25, -0.2) is 4.79 Å². The molecule has 0 saturated carbocycles. The molecule has 3 amide bonds. The van der Waals surface area contributed by atoms with Crippen LogP contribution in [0.3, 0.4) is 0 Å². The van der Waals surface area contributed by atoms with Gasteiger partial charge in [0.05, 0.1) is 18.3 Å². The van der Waals surface area contributed by atoms with E-state index in [9.17, 15) is 14.7 Å². The lowest BCUT2D eigenvalue weighted by molar-refractivity contribution is -0.130. The highest BCUT2D eigenvalue weighted by Crippen LogP contribution is 2.29. The van der Waals surface area contributed by atoms with Crippen molar-refractivity contribution in [1.82, 2.24) is 15.5 Å². The number of carbonyl (C=O) groups is 2. The number of ether oxygens (including phenoxy) is 1. The molecule has 3 rings (SSSR count). The second-order valence-corrected chi connectivity index (χ2v) is 6.93. The molecule has 2 atom stereocenters. The zero-order chi connectivity index (χ0) is 20.8. The highest BCUT2D eigenvalue weighted by atomic mass is 16.5. The Balaban J connectivity index is 1.44. The Bertz CT molecular complexity index is 859. The first-order chi connectivity index (χ1) is 13.9. The van der Waals surface area contributed by atoms with Gasteiger partial charge in [-0.15, -0.1) is 0 Å². The van der Waals surface area contributed by atoms with Crippen LogP contribution >= 0.6 is 0 Å². The van der Waals surface area contributed by atoms with Gasteiger partial charge >= 0.3 is 6.03 Å². The number of benzene rings is 2. The predicted octanol–water partition coefficient (Wildman–Crippen LogP) is 1.83. The number of fused-ring (bicyclic) bond motifs is 1. The lowest BCUT2D eigenvalue weighted by Crippen LogP contribution is -2.43. The Morgan fingerprint density at radius 1 is 1.24 bits per heavy atom. The number of nitrogens with one attached hydrogen (secondary N) is 3. The summed E-state index contributed by atoms with van der Waals surface area (Å²) in [5.41, 5.74) is 2.58. The van der Waals surface area contributed by atoms with Crippen molar-refractivity contribution >= 4 is 17.6 Å². The Kier molecular flexibility index (Phi) is 6.56. The van der Waals surface area contributed by atoms with Crippen molar-refractivity contribution in [2.75, 3.05) is 25.5 Å². The molecule has 0 spiro atoms. The average molecular weight is 398 g/mol. The van der Waals surface area contributed by atoms with Gasteiger partial charge < -0.3 is 30.7 Å². The molecule has 1 heterocycles. The summed E-state index contributed by atoms with van der Waals surface area (Å²) >= 11 is 0. The summed E-state index contributed by atoms with van der Waals surface area (Å²) in [6, 6.07) is 14.6. The molecule has 1 aliphatic rings. The van der Waals surface area contributed by atoms with Crippen LogP contribution in [0.4, 0.5) is 10.5 Å². The van der Waals surface area contributed by atoms with E-state index in [-0.39, 0.29) is 31.6 Å². The van der Waals surface area contributed by atoms with E-state index >= 15 is 0 Å². The van der Waals surface area contributed by atoms with Crippen molar-refractivity contribution in [2.45, 2.75) is 25.7 Å². The SMILES string of the molecule is C[C@H](c1ccccc1)N(C)C(=O)CNC(=O)NCc1ccc2c(c1)OC[C@@H](O)N2. The molecule has 0 saturated heterocycles. The van der Waals surface area contributed by atoms with Crippen LogP contribution in [0.2, 0.25) is 0 Å². The lowest BCUT2D eigenvalue weighted by Gasteiger charge is -2.25. The van der Waals surface area contributed by atoms with Crippen LogP contribution < -0.4 is 20.7 Å². The van der Waals surface area contributed by atoms with E-state index in [1.165, 1.54) is 0 Å². The first kappa shape index (κ1) is 20.5. The number of nitrogens with zero attached hydrogens (tertiary/aromatic N) is 1. The molecule has 8 nitrogen and oxygen atoms in total. The van der Waals surface area contributed by atoms with E-state index in [0.717, 1.165) is 11.1 Å². The number of urea groups is 1. The van der Waals surface area contributed by atoms with Crippen LogP contribution in [0.15, 0.2) is 48.5 Å². The molecule has 29 heavy (non-hydrogen) atoms. The topological polar surface area (TPSA) is 103 Å². The Morgan fingerprint density at radius 3 is 2.76 bits per heavy atom. The smallest absolute Gasteiger partial charge is 0.315 e. The molecule has 154 valence electrons. The zero-order valence-electron chi connectivity index (χ0n) is 16.5. The largest absolute Gasteiger partial charge is 0.487 e. The van der Waals surface area contributed by atoms with Gasteiger partial charge in [-0.3, -0.25) is 4.79 Å². The second kappa shape index (κ2) is 9.29. The van der Waals surface area contributed by atoms with E-state index in [0.29, 0.717) is 11.4 Å². The van der Waals surface area contributed by atoms with Crippen molar-refractivity contribution in [1.29, 1.82) is 0 Å². The van der Waals surface area contributed by atoms with Crippen molar-refractivity contribution in [3.63, 3.8) is 0 Å². The van der Waals surface area contributed by atoms with Crippen molar-refractivity contribution in [2.24, 2.45) is 0 Å². The molecule has 4 N–H and O–H groups in total. The number of likely N-dealkylation sites (N-methyl/N-ethyl adjacent to an activating group) is 1. The highest BCUT2D eigenvalue weighted by molar-refractivity contribution is 5.84. The van der Waals surface area contributed by atoms with E-state index in [4.69, 9.17) is 4.74 Å². The third kappa shape index (κ3) is 5.39. The number of hydrogen-bond donors (Lipinski definition) is 4. The first-order valence-corrected chi connectivity index (χ1v) is 9.46. The maximum absolute atomic E-state index is 12.4. The molecule has 0 aromatic heterocycles. The van der Waals surface area contributed by atoms with Crippen molar-refractivity contribution < 1.29 is 19.4 Å². The minimum absolute atomic E-state index is 0.0869. The van der Waals surface area contributed by atoms with Gasteiger partial charge in [0, 0.05) is 13.6 Å². The maximum atomic E-state index is 12.4. The molecule has 0 radical (unpaired) electrons. The van der Waals surface area contributed by atoms with E-state index in [1.807, 2.05) is 43.3 Å². The average Bonchev–Trinajstić information content (AvgIpc) is 2.75. The Hall–Kier alpha value is -3.26. The minimum atomic E-state index is -0.725.